The summed E-state index contributed by atoms with van der Waals surface area (Å²) < 4.78 is 5.20. The molecule has 1 aliphatic heterocycles. The third-order valence-electron chi connectivity index (χ3n) is 5.36. The van der Waals surface area contributed by atoms with Crippen LogP contribution < -0.4 is 10.1 Å². The number of hydrogen-bond donors (Lipinski definition) is 1. The molecule has 2 amide bonds. The first kappa shape index (κ1) is 21.6. The molecule has 1 aliphatic rings. The molecule has 0 bridgehead atoms. The lowest BCUT2D eigenvalue weighted by atomic mass is 9.79. The van der Waals surface area contributed by atoms with Gasteiger partial charge in [0.25, 0.3) is 5.91 Å². The quantitative estimate of drug-likeness (QED) is 0.516. The fourth-order valence-electron chi connectivity index (χ4n) is 3.58. The standard InChI is InChI=1S/C21H28N2O5/c1-4-18(25)21(14-24,15(2)13-19(26)23-11-7-8-12-23)22-20(27)16-9-5-6-10-17(16)28-3/h5-6,9-10,14-15H,4,7-8,11-13H2,1-3H3,(H,22,27)/t15?,21-/m1/s1. The molecule has 1 N–H and O–H groups in total. The van der Waals surface area contributed by atoms with E-state index in [-0.39, 0.29) is 24.3 Å². The van der Waals surface area contributed by atoms with Gasteiger partial charge in [0.2, 0.25) is 5.91 Å². The number of carbonyl (C=O) groups is 4. The van der Waals surface area contributed by atoms with Gasteiger partial charge in [0.1, 0.15) is 5.75 Å². The predicted molar refractivity (Wildman–Crippen MR) is 104 cm³/mol. The smallest absolute Gasteiger partial charge is 0.256 e. The van der Waals surface area contributed by atoms with Gasteiger partial charge in [-0.3, -0.25) is 14.4 Å². The Morgan fingerprint density at radius 1 is 1.25 bits per heavy atom. The molecule has 0 saturated carbocycles. The maximum atomic E-state index is 12.9. The zero-order chi connectivity index (χ0) is 20.7. The van der Waals surface area contributed by atoms with Crippen LogP contribution in [-0.2, 0) is 14.4 Å². The van der Waals surface area contributed by atoms with E-state index < -0.39 is 23.1 Å². The van der Waals surface area contributed by atoms with E-state index in [1.165, 1.54) is 7.11 Å². The van der Waals surface area contributed by atoms with Crippen LogP contribution in [0.15, 0.2) is 24.3 Å². The molecule has 2 atom stereocenters. The number of methoxy groups -OCH3 is 1. The second kappa shape index (κ2) is 9.48. The van der Waals surface area contributed by atoms with Crippen LogP contribution in [0, 0.1) is 5.92 Å². The Kier molecular flexibility index (Phi) is 7.31. The number of ether oxygens (including phenoxy) is 1. The molecule has 7 heteroatoms. The van der Waals surface area contributed by atoms with Gasteiger partial charge in [-0.05, 0) is 25.0 Å². The Hall–Kier alpha value is -2.70. The lowest BCUT2D eigenvalue weighted by molar-refractivity contribution is -0.135. The molecule has 1 heterocycles. The van der Waals surface area contributed by atoms with Gasteiger partial charge in [0, 0.05) is 31.8 Å². The molecule has 2 rings (SSSR count). The Bertz CT molecular complexity index is 742. The van der Waals surface area contributed by atoms with Crippen molar-refractivity contribution < 1.29 is 23.9 Å². The fraction of sp³-hybridized carbons (Fsp3) is 0.524. The third kappa shape index (κ3) is 4.40. The summed E-state index contributed by atoms with van der Waals surface area (Å²) in [4.78, 5) is 52.0. The van der Waals surface area contributed by atoms with Crippen LogP contribution in [0.4, 0.5) is 0 Å². The monoisotopic (exact) mass is 388 g/mol. The number of ketones is 1. The Morgan fingerprint density at radius 3 is 2.46 bits per heavy atom. The highest BCUT2D eigenvalue weighted by atomic mass is 16.5. The maximum Gasteiger partial charge on any atom is 0.256 e. The van der Waals surface area contributed by atoms with Crippen molar-refractivity contribution in [3.63, 3.8) is 0 Å². The van der Waals surface area contributed by atoms with E-state index >= 15 is 0 Å². The first-order valence-corrected chi connectivity index (χ1v) is 9.62. The summed E-state index contributed by atoms with van der Waals surface area (Å²) in [5.74, 6) is -1.46. The number of rotatable bonds is 9. The van der Waals surface area contributed by atoms with Crippen molar-refractivity contribution in [2.24, 2.45) is 5.92 Å². The van der Waals surface area contributed by atoms with Crippen molar-refractivity contribution in [1.29, 1.82) is 0 Å². The molecule has 0 aliphatic carbocycles. The number of para-hydroxylation sites is 1. The Balaban J connectivity index is 2.29. The zero-order valence-electron chi connectivity index (χ0n) is 16.7. The molecule has 28 heavy (non-hydrogen) atoms. The van der Waals surface area contributed by atoms with Crippen molar-refractivity contribution in [2.75, 3.05) is 20.2 Å². The molecule has 0 radical (unpaired) electrons. The second-order valence-corrected chi connectivity index (χ2v) is 7.11. The molecular formula is C21H28N2O5. The van der Waals surface area contributed by atoms with E-state index in [1.807, 2.05) is 0 Å². The van der Waals surface area contributed by atoms with Crippen LogP contribution in [0.3, 0.4) is 0 Å². The van der Waals surface area contributed by atoms with E-state index in [9.17, 15) is 19.2 Å². The van der Waals surface area contributed by atoms with Crippen LogP contribution in [0.5, 0.6) is 5.75 Å². The first-order chi connectivity index (χ1) is 13.4. The number of aldehydes is 1. The highest BCUT2D eigenvalue weighted by molar-refractivity contribution is 6.09. The number of likely N-dealkylation sites (tertiary alicyclic amines) is 1. The van der Waals surface area contributed by atoms with Crippen molar-refractivity contribution in [1.82, 2.24) is 10.2 Å². The van der Waals surface area contributed by atoms with Gasteiger partial charge in [0.05, 0.1) is 12.7 Å². The van der Waals surface area contributed by atoms with Crippen LogP contribution in [0.1, 0.15) is 49.9 Å². The number of amides is 2. The summed E-state index contributed by atoms with van der Waals surface area (Å²) in [5, 5.41) is 2.61. The minimum atomic E-state index is -1.76. The summed E-state index contributed by atoms with van der Waals surface area (Å²) in [6, 6.07) is 6.57. The van der Waals surface area contributed by atoms with Crippen LogP contribution >= 0.6 is 0 Å². The number of nitrogens with zero attached hydrogens (tertiary/aromatic N) is 1. The minimum absolute atomic E-state index is 0.0106. The molecule has 1 unspecified atom stereocenters. The van der Waals surface area contributed by atoms with Gasteiger partial charge in [-0.25, -0.2) is 0 Å². The van der Waals surface area contributed by atoms with Gasteiger partial charge in [-0.15, -0.1) is 0 Å². The number of carbonyl (C=O) groups excluding carboxylic acids is 4. The molecular weight excluding hydrogens is 360 g/mol. The molecule has 1 aromatic rings. The second-order valence-electron chi connectivity index (χ2n) is 7.11. The first-order valence-electron chi connectivity index (χ1n) is 9.62. The normalized spacial score (nSPS) is 16.8. The average molecular weight is 388 g/mol. The average Bonchev–Trinajstić information content (AvgIpc) is 3.26. The van der Waals surface area contributed by atoms with Crippen molar-refractivity contribution >= 4 is 23.9 Å². The minimum Gasteiger partial charge on any atom is -0.496 e. The zero-order valence-corrected chi connectivity index (χ0v) is 16.7. The Morgan fingerprint density at radius 2 is 1.89 bits per heavy atom. The van der Waals surface area contributed by atoms with Crippen LogP contribution in [-0.4, -0.2) is 54.5 Å². The van der Waals surface area contributed by atoms with Crippen LogP contribution in [0.2, 0.25) is 0 Å². The summed E-state index contributed by atoms with van der Waals surface area (Å²) in [7, 11) is 1.44. The lowest BCUT2D eigenvalue weighted by Crippen LogP contribution is -2.60. The highest BCUT2D eigenvalue weighted by Gasteiger charge is 2.45. The number of benzene rings is 1. The third-order valence-corrected chi connectivity index (χ3v) is 5.36. The largest absolute Gasteiger partial charge is 0.496 e. The molecule has 1 aromatic carbocycles. The summed E-state index contributed by atoms with van der Waals surface area (Å²) in [6.07, 6.45) is 2.45. The van der Waals surface area contributed by atoms with Crippen LogP contribution in [0.25, 0.3) is 0 Å². The topological polar surface area (TPSA) is 92.8 Å². The molecule has 0 aromatic heterocycles. The van der Waals surface area contributed by atoms with Gasteiger partial charge in [0.15, 0.2) is 17.6 Å². The van der Waals surface area contributed by atoms with Gasteiger partial charge >= 0.3 is 0 Å². The van der Waals surface area contributed by atoms with E-state index in [0.717, 1.165) is 12.8 Å². The Labute approximate surface area is 165 Å². The molecule has 152 valence electrons. The van der Waals surface area contributed by atoms with Crippen molar-refractivity contribution in [3.05, 3.63) is 29.8 Å². The summed E-state index contributed by atoms with van der Waals surface area (Å²) in [6.45, 7) is 4.66. The molecule has 7 nitrogen and oxygen atoms in total. The summed E-state index contributed by atoms with van der Waals surface area (Å²) >= 11 is 0. The SMILES string of the molecule is CCC(=O)[C@](C=O)(NC(=O)c1ccccc1OC)C(C)CC(=O)N1CCCC1. The van der Waals surface area contributed by atoms with E-state index in [1.54, 1.807) is 43.0 Å². The number of nitrogens with one attached hydrogen (secondary N) is 1. The molecule has 1 saturated heterocycles. The lowest BCUT2D eigenvalue weighted by Gasteiger charge is -2.34. The van der Waals surface area contributed by atoms with E-state index in [4.69, 9.17) is 4.74 Å². The van der Waals surface area contributed by atoms with Gasteiger partial charge in [-0.1, -0.05) is 26.0 Å². The predicted octanol–water partition coefficient (Wildman–Crippen LogP) is 1.99. The van der Waals surface area contributed by atoms with Gasteiger partial charge < -0.3 is 19.7 Å². The van der Waals surface area contributed by atoms with Crippen molar-refractivity contribution in [3.8, 4) is 5.75 Å². The number of hydrogen-bond acceptors (Lipinski definition) is 5. The van der Waals surface area contributed by atoms with E-state index in [0.29, 0.717) is 25.1 Å². The van der Waals surface area contributed by atoms with Crippen molar-refractivity contribution in [2.45, 2.75) is 45.1 Å². The molecule has 1 fully saturated rings. The van der Waals surface area contributed by atoms with E-state index in [2.05, 4.69) is 5.32 Å². The van der Waals surface area contributed by atoms with Gasteiger partial charge in [-0.2, -0.15) is 0 Å². The number of Topliss-reactive ketones (excluding diaryl/α,β-unsaturated/α-hetero) is 1. The fourth-order valence-corrected chi connectivity index (χ4v) is 3.58. The molecule has 0 spiro atoms. The summed E-state index contributed by atoms with van der Waals surface area (Å²) in [5.41, 5.74) is -1.54. The maximum absolute atomic E-state index is 12.9. The highest BCUT2D eigenvalue weighted by Crippen LogP contribution is 2.26.